The van der Waals surface area contributed by atoms with Crippen LogP contribution in [0.3, 0.4) is 0 Å². The summed E-state index contributed by atoms with van der Waals surface area (Å²) in [5.41, 5.74) is 6.53. The molecule has 0 saturated heterocycles. The fraction of sp³-hybridized carbons (Fsp3) is 0.588. The summed E-state index contributed by atoms with van der Waals surface area (Å²) in [7, 11) is -1.76. The average molecular weight is 340 g/mol. The molecule has 1 amide bonds. The molecule has 0 saturated carbocycles. The zero-order chi connectivity index (χ0) is 17.5. The van der Waals surface area contributed by atoms with Crippen molar-refractivity contribution in [2.75, 3.05) is 31.6 Å². The molecule has 2 N–H and O–H groups in total. The molecule has 0 fully saturated rings. The molecule has 0 bridgehead atoms. The van der Waals surface area contributed by atoms with Crippen molar-refractivity contribution < 1.29 is 13.2 Å². The lowest BCUT2D eigenvalue weighted by atomic mass is 9.93. The van der Waals surface area contributed by atoms with E-state index in [0.29, 0.717) is 25.9 Å². The van der Waals surface area contributed by atoms with E-state index in [4.69, 9.17) is 5.73 Å². The Hall–Kier alpha value is -1.40. The standard InChI is InChI=1S/C17H28N2O3S/c1-17(2,13-18)14-19(3)16(20)12-23(21,22)11-7-10-15-8-5-4-6-9-15/h4-6,8-9H,7,10-14,18H2,1-3H3. The number of hydrogen-bond donors (Lipinski definition) is 1. The summed E-state index contributed by atoms with van der Waals surface area (Å²) >= 11 is 0. The third-order valence-corrected chi connectivity index (χ3v) is 5.35. The van der Waals surface area contributed by atoms with Crippen LogP contribution in [0.15, 0.2) is 30.3 Å². The van der Waals surface area contributed by atoms with E-state index in [0.717, 1.165) is 5.56 Å². The molecule has 23 heavy (non-hydrogen) atoms. The fourth-order valence-electron chi connectivity index (χ4n) is 2.31. The number of rotatable bonds is 9. The Kier molecular flexibility index (Phi) is 7.22. The van der Waals surface area contributed by atoms with Crippen LogP contribution in [0.2, 0.25) is 0 Å². The number of carbonyl (C=O) groups is 1. The summed E-state index contributed by atoms with van der Waals surface area (Å²) in [5, 5.41) is 0. The highest BCUT2D eigenvalue weighted by atomic mass is 32.2. The SMILES string of the molecule is CN(CC(C)(C)CN)C(=O)CS(=O)(=O)CCCc1ccccc1. The van der Waals surface area contributed by atoms with Crippen molar-refractivity contribution in [3.8, 4) is 0 Å². The number of aryl methyl sites for hydroxylation is 1. The highest BCUT2D eigenvalue weighted by Gasteiger charge is 2.24. The van der Waals surface area contributed by atoms with Crippen LogP contribution >= 0.6 is 0 Å². The molecule has 0 heterocycles. The van der Waals surface area contributed by atoms with Crippen LogP contribution in [0.25, 0.3) is 0 Å². The van der Waals surface area contributed by atoms with Gasteiger partial charge < -0.3 is 10.6 Å². The van der Waals surface area contributed by atoms with Gasteiger partial charge in [0, 0.05) is 13.6 Å². The molecule has 0 aliphatic carbocycles. The van der Waals surface area contributed by atoms with Crippen molar-refractivity contribution in [2.45, 2.75) is 26.7 Å². The van der Waals surface area contributed by atoms with Crippen LogP contribution < -0.4 is 5.73 Å². The second-order valence-electron chi connectivity index (χ2n) is 6.80. The summed E-state index contributed by atoms with van der Waals surface area (Å²) in [5.74, 6) is -0.771. The van der Waals surface area contributed by atoms with Gasteiger partial charge in [0.15, 0.2) is 9.84 Å². The molecule has 0 aromatic heterocycles. The number of hydrogen-bond acceptors (Lipinski definition) is 4. The van der Waals surface area contributed by atoms with E-state index in [2.05, 4.69) is 0 Å². The van der Waals surface area contributed by atoms with Gasteiger partial charge in [0.25, 0.3) is 0 Å². The topological polar surface area (TPSA) is 80.5 Å². The molecule has 0 aliphatic heterocycles. The van der Waals surface area contributed by atoms with E-state index in [1.165, 1.54) is 4.90 Å². The highest BCUT2D eigenvalue weighted by Crippen LogP contribution is 2.14. The molecule has 0 unspecified atom stereocenters. The van der Waals surface area contributed by atoms with Crippen molar-refractivity contribution >= 4 is 15.7 Å². The molecule has 0 radical (unpaired) electrons. The third-order valence-electron chi connectivity index (χ3n) is 3.75. The van der Waals surface area contributed by atoms with Crippen LogP contribution in [-0.4, -0.2) is 50.9 Å². The maximum absolute atomic E-state index is 12.1. The number of amides is 1. The first kappa shape index (κ1) is 19.6. The van der Waals surface area contributed by atoms with Crippen molar-refractivity contribution in [1.82, 2.24) is 4.90 Å². The quantitative estimate of drug-likeness (QED) is 0.738. The van der Waals surface area contributed by atoms with Gasteiger partial charge in [0.1, 0.15) is 5.75 Å². The average Bonchev–Trinajstić information content (AvgIpc) is 2.47. The van der Waals surface area contributed by atoms with Gasteiger partial charge in [-0.3, -0.25) is 4.79 Å². The van der Waals surface area contributed by atoms with Crippen LogP contribution in [-0.2, 0) is 21.1 Å². The first-order valence-electron chi connectivity index (χ1n) is 7.84. The van der Waals surface area contributed by atoms with Gasteiger partial charge in [0.05, 0.1) is 5.75 Å². The molecule has 1 aromatic carbocycles. The van der Waals surface area contributed by atoms with Gasteiger partial charge >= 0.3 is 0 Å². The van der Waals surface area contributed by atoms with Crippen LogP contribution in [0.4, 0.5) is 0 Å². The Morgan fingerprint density at radius 2 is 1.83 bits per heavy atom. The lowest BCUT2D eigenvalue weighted by Gasteiger charge is -2.29. The predicted octanol–water partition coefficient (Wildman–Crippen LogP) is 1.48. The highest BCUT2D eigenvalue weighted by molar-refractivity contribution is 7.92. The lowest BCUT2D eigenvalue weighted by Crippen LogP contribution is -2.42. The van der Waals surface area contributed by atoms with E-state index in [1.807, 2.05) is 44.2 Å². The second-order valence-corrected chi connectivity index (χ2v) is 8.98. The van der Waals surface area contributed by atoms with Crippen molar-refractivity contribution in [3.63, 3.8) is 0 Å². The fourth-order valence-corrected chi connectivity index (χ4v) is 3.63. The lowest BCUT2D eigenvalue weighted by molar-refractivity contribution is -0.128. The Morgan fingerprint density at radius 1 is 1.22 bits per heavy atom. The van der Waals surface area contributed by atoms with Gasteiger partial charge in [0.2, 0.25) is 5.91 Å². The van der Waals surface area contributed by atoms with Gasteiger partial charge in [-0.15, -0.1) is 0 Å². The normalized spacial score (nSPS) is 12.2. The Balaban J connectivity index is 2.46. The summed E-state index contributed by atoms with van der Waals surface area (Å²) in [6.07, 6.45) is 1.22. The molecule has 1 rings (SSSR count). The zero-order valence-corrected chi connectivity index (χ0v) is 15.1. The minimum absolute atomic E-state index is 0.0295. The van der Waals surface area contributed by atoms with Gasteiger partial charge in [-0.2, -0.15) is 0 Å². The van der Waals surface area contributed by atoms with Crippen LogP contribution in [0, 0.1) is 5.41 Å². The molecule has 0 spiro atoms. The molecule has 6 heteroatoms. The summed E-state index contributed by atoms with van der Waals surface area (Å²) in [6.45, 7) is 4.78. The zero-order valence-electron chi connectivity index (χ0n) is 14.3. The summed E-state index contributed by atoms with van der Waals surface area (Å²) < 4.78 is 24.2. The van der Waals surface area contributed by atoms with Gasteiger partial charge in [-0.1, -0.05) is 44.2 Å². The van der Waals surface area contributed by atoms with E-state index >= 15 is 0 Å². The number of carbonyl (C=O) groups excluding carboxylic acids is 1. The maximum atomic E-state index is 12.1. The van der Waals surface area contributed by atoms with E-state index < -0.39 is 15.6 Å². The van der Waals surface area contributed by atoms with Gasteiger partial charge in [-0.05, 0) is 30.4 Å². The minimum atomic E-state index is -3.38. The second kappa shape index (κ2) is 8.45. The smallest absolute Gasteiger partial charge is 0.237 e. The number of nitrogens with two attached hydrogens (primary N) is 1. The molecule has 5 nitrogen and oxygen atoms in total. The maximum Gasteiger partial charge on any atom is 0.237 e. The van der Waals surface area contributed by atoms with Crippen molar-refractivity contribution in [1.29, 1.82) is 0 Å². The summed E-state index contributed by atoms with van der Waals surface area (Å²) in [4.78, 5) is 13.6. The molecule has 0 atom stereocenters. The monoisotopic (exact) mass is 340 g/mol. The Morgan fingerprint density at radius 3 is 2.39 bits per heavy atom. The largest absolute Gasteiger partial charge is 0.344 e. The van der Waals surface area contributed by atoms with E-state index in [1.54, 1.807) is 7.05 Å². The summed E-state index contributed by atoms with van der Waals surface area (Å²) in [6, 6.07) is 9.74. The molecule has 1 aromatic rings. The third kappa shape index (κ3) is 7.61. The Bertz CT molecular complexity index is 598. The minimum Gasteiger partial charge on any atom is -0.344 e. The van der Waals surface area contributed by atoms with Crippen molar-refractivity contribution in [3.05, 3.63) is 35.9 Å². The van der Waals surface area contributed by atoms with E-state index in [-0.39, 0.29) is 17.1 Å². The molecular formula is C17H28N2O3S. The predicted molar refractivity (Wildman–Crippen MR) is 93.9 cm³/mol. The Labute approximate surface area is 139 Å². The number of sulfone groups is 1. The van der Waals surface area contributed by atoms with Crippen LogP contribution in [0.1, 0.15) is 25.8 Å². The molecule has 0 aliphatic rings. The first-order valence-corrected chi connectivity index (χ1v) is 9.66. The molecule has 130 valence electrons. The van der Waals surface area contributed by atoms with E-state index in [9.17, 15) is 13.2 Å². The van der Waals surface area contributed by atoms with Crippen molar-refractivity contribution in [2.24, 2.45) is 11.1 Å². The van der Waals surface area contributed by atoms with Gasteiger partial charge in [-0.25, -0.2) is 8.42 Å². The number of benzene rings is 1. The first-order chi connectivity index (χ1) is 10.7. The number of nitrogens with zero attached hydrogens (tertiary/aromatic N) is 1. The van der Waals surface area contributed by atoms with Crippen LogP contribution in [0.5, 0.6) is 0 Å². The molecular weight excluding hydrogens is 312 g/mol.